The molecule has 1 aliphatic heterocycles. The molecule has 1 N–H and O–H groups in total. The lowest BCUT2D eigenvalue weighted by atomic mass is 10.1. The Labute approximate surface area is 177 Å². The standard InChI is InChI=1S/C21H30ClN7/c1-5-17(25-19-14-20(22)26-29-9-8-24-21(19)29)6-7-18(15-23-4)28-12-10-27(11-13-28)16(2)3/h5-9,14-16,18,25H,10-13H2,1-4H3/b7-6-,17-5?,23-15?. The lowest BCUT2D eigenvalue weighted by Crippen LogP contribution is -2.52. The molecule has 0 saturated carbocycles. The van der Waals surface area contributed by atoms with E-state index in [1.165, 1.54) is 0 Å². The van der Waals surface area contributed by atoms with Gasteiger partial charge in [0, 0.05) is 69.6 Å². The minimum Gasteiger partial charge on any atom is -0.353 e. The maximum Gasteiger partial charge on any atom is 0.177 e. The number of nitrogens with one attached hydrogen (secondary N) is 1. The molecular weight excluding hydrogens is 386 g/mol. The predicted molar refractivity (Wildman–Crippen MR) is 121 cm³/mol. The second kappa shape index (κ2) is 10.0. The van der Waals surface area contributed by atoms with E-state index >= 15 is 0 Å². The van der Waals surface area contributed by atoms with Gasteiger partial charge in [0.25, 0.3) is 0 Å². The summed E-state index contributed by atoms with van der Waals surface area (Å²) in [5, 5.41) is 8.05. The fraction of sp³-hybridized carbons (Fsp3) is 0.476. The molecule has 1 saturated heterocycles. The summed E-state index contributed by atoms with van der Waals surface area (Å²) in [6.07, 6.45) is 11.8. The summed E-state index contributed by atoms with van der Waals surface area (Å²) < 4.78 is 1.67. The lowest BCUT2D eigenvalue weighted by molar-refractivity contribution is 0.107. The zero-order chi connectivity index (χ0) is 20.8. The smallest absolute Gasteiger partial charge is 0.177 e. The van der Waals surface area contributed by atoms with E-state index in [9.17, 15) is 0 Å². The van der Waals surface area contributed by atoms with Gasteiger partial charge in [-0.15, -0.1) is 0 Å². The van der Waals surface area contributed by atoms with Gasteiger partial charge in [-0.25, -0.2) is 9.50 Å². The summed E-state index contributed by atoms with van der Waals surface area (Å²) in [7, 11) is 1.83. The molecule has 0 aromatic carbocycles. The number of allylic oxidation sites excluding steroid dienone is 2. The van der Waals surface area contributed by atoms with Crippen molar-refractivity contribution in [2.45, 2.75) is 32.9 Å². The molecule has 3 heterocycles. The van der Waals surface area contributed by atoms with Crippen LogP contribution in [0.4, 0.5) is 5.69 Å². The number of hydrogen-bond donors (Lipinski definition) is 1. The minimum absolute atomic E-state index is 0.165. The van der Waals surface area contributed by atoms with Gasteiger partial charge < -0.3 is 5.32 Å². The molecule has 1 atom stereocenters. The van der Waals surface area contributed by atoms with Crippen molar-refractivity contribution in [1.29, 1.82) is 0 Å². The Hall–Kier alpha value is -2.22. The molecule has 156 valence electrons. The van der Waals surface area contributed by atoms with Gasteiger partial charge in [0.2, 0.25) is 0 Å². The van der Waals surface area contributed by atoms with E-state index in [0.717, 1.165) is 43.2 Å². The van der Waals surface area contributed by atoms with E-state index in [1.807, 2.05) is 26.3 Å². The number of anilines is 1. The van der Waals surface area contributed by atoms with E-state index in [4.69, 9.17) is 11.6 Å². The van der Waals surface area contributed by atoms with Crippen LogP contribution in [0.1, 0.15) is 20.8 Å². The molecule has 8 heteroatoms. The highest BCUT2D eigenvalue weighted by Gasteiger charge is 2.22. The average molecular weight is 416 g/mol. The molecule has 0 aliphatic carbocycles. The first kappa shape index (κ1) is 21.5. The maximum atomic E-state index is 6.15. The summed E-state index contributed by atoms with van der Waals surface area (Å²) in [5.41, 5.74) is 2.52. The third-order valence-electron chi connectivity index (χ3n) is 5.19. The zero-order valence-corrected chi connectivity index (χ0v) is 18.3. The molecule has 0 bridgehead atoms. The molecule has 1 aliphatic rings. The number of imidazole rings is 1. The summed E-state index contributed by atoms with van der Waals surface area (Å²) >= 11 is 6.15. The van der Waals surface area contributed by atoms with Gasteiger partial charge >= 0.3 is 0 Å². The molecule has 0 radical (unpaired) electrons. The molecule has 2 aromatic heterocycles. The van der Waals surface area contributed by atoms with Crippen molar-refractivity contribution < 1.29 is 0 Å². The Kier molecular flexibility index (Phi) is 7.41. The lowest BCUT2D eigenvalue weighted by Gasteiger charge is -2.39. The van der Waals surface area contributed by atoms with Gasteiger partial charge in [-0.1, -0.05) is 23.8 Å². The first-order valence-electron chi connectivity index (χ1n) is 10.0. The Morgan fingerprint density at radius 3 is 2.62 bits per heavy atom. The topological polar surface area (TPSA) is 61.1 Å². The normalized spacial score (nSPS) is 18.5. The van der Waals surface area contributed by atoms with E-state index in [2.05, 4.69) is 56.2 Å². The van der Waals surface area contributed by atoms with Gasteiger partial charge in [0.05, 0.1) is 11.7 Å². The summed E-state index contributed by atoms with van der Waals surface area (Å²) in [5.74, 6) is 0. The molecule has 7 nitrogen and oxygen atoms in total. The summed E-state index contributed by atoms with van der Waals surface area (Å²) in [4.78, 5) is 13.6. The van der Waals surface area contributed by atoms with Crippen molar-refractivity contribution in [2.24, 2.45) is 4.99 Å². The second-order valence-electron chi connectivity index (χ2n) is 7.37. The number of aromatic nitrogens is 3. The van der Waals surface area contributed by atoms with Gasteiger partial charge in [-0.2, -0.15) is 5.10 Å². The fourth-order valence-corrected chi connectivity index (χ4v) is 3.71. The molecule has 0 amide bonds. The second-order valence-corrected chi connectivity index (χ2v) is 7.76. The first-order chi connectivity index (χ1) is 14.0. The number of halogens is 1. The van der Waals surface area contributed by atoms with Crippen LogP contribution in [0.2, 0.25) is 5.15 Å². The number of piperazine rings is 1. The average Bonchev–Trinajstić information content (AvgIpc) is 3.18. The van der Waals surface area contributed by atoms with E-state index in [1.54, 1.807) is 23.0 Å². The summed E-state index contributed by atoms with van der Waals surface area (Å²) in [6.45, 7) is 10.8. The number of hydrogen-bond acceptors (Lipinski definition) is 6. The molecule has 3 rings (SSSR count). The third-order valence-corrected chi connectivity index (χ3v) is 5.38. The van der Waals surface area contributed by atoms with Crippen molar-refractivity contribution in [3.8, 4) is 0 Å². The largest absolute Gasteiger partial charge is 0.353 e. The highest BCUT2D eigenvalue weighted by molar-refractivity contribution is 6.29. The van der Waals surface area contributed by atoms with Gasteiger partial charge in [0.1, 0.15) is 0 Å². The van der Waals surface area contributed by atoms with Crippen molar-refractivity contribution in [2.75, 3.05) is 38.5 Å². The van der Waals surface area contributed by atoms with Crippen LogP contribution in [0.15, 0.2) is 47.4 Å². The van der Waals surface area contributed by atoms with Crippen molar-refractivity contribution in [3.05, 3.63) is 47.5 Å². The first-order valence-corrected chi connectivity index (χ1v) is 10.4. The number of rotatable bonds is 7. The van der Waals surface area contributed by atoms with Crippen LogP contribution in [-0.4, -0.2) is 75.9 Å². The maximum absolute atomic E-state index is 6.15. The fourth-order valence-electron chi connectivity index (χ4n) is 3.52. The summed E-state index contributed by atoms with van der Waals surface area (Å²) in [6, 6.07) is 2.55. The van der Waals surface area contributed by atoms with Crippen LogP contribution in [0, 0.1) is 0 Å². The van der Waals surface area contributed by atoms with Crippen LogP contribution in [0.3, 0.4) is 0 Å². The molecule has 0 spiro atoms. The van der Waals surface area contributed by atoms with Gasteiger partial charge in [-0.3, -0.25) is 14.8 Å². The Morgan fingerprint density at radius 1 is 1.24 bits per heavy atom. The monoisotopic (exact) mass is 415 g/mol. The van der Waals surface area contributed by atoms with Crippen LogP contribution < -0.4 is 5.32 Å². The van der Waals surface area contributed by atoms with Gasteiger partial charge in [0.15, 0.2) is 10.8 Å². The van der Waals surface area contributed by atoms with Crippen LogP contribution in [0.25, 0.3) is 5.65 Å². The molecule has 2 aromatic rings. The van der Waals surface area contributed by atoms with Crippen molar-refractivity contribution >= 4 is 29.2 Å². The molecule has 1 fully saturated rings. The number of aliphatic imine (C=N–C) groups is 1. The predicted octanol–water partition coefficient (Wildman–Crippen LogP) is 3.35. The third kappa shape index (κ3) is 5.44. The quantitative estimate of drug-likeness (QED) is 0.555. The van der Waals surface area contributed by atoms with E-state index in [0.29, 0.717) is 11.2 Å². The van der Waals surface area contributed by atoms with Crippen LogP contribution in [-0.2, 0) is 0 Å². The zero-order valence-electron chi connectivity index (χ0n) is 17.6. The van der Waals surface area contributed by atoms with E-state index < -0.39 is 0 Å². The molecule has 1 unspecified atom stereocenters. The SMILES string of the molecule is CC=C(/C=C\C(C=NC)N1CCN(C(C)C)CC1)Nc1cc(Cl)nn2ccnc12. The molecule has 29 heavy (non-hydrogen) atoms. The van der Waals surface area contributed by atoms with Crippen LogP contribution >= 0.6 is 11.6 Å². The Morgan fingerprint density at radius 2 is 1.97 bits per heavy atom. The number of nitrogens with zero attached hydrogens (tertiary/aromatic N) is 6. The van der Waals surface area contributed by atoms with Crippen molar-refractivity contribution in [3.63, 3.8) is 0 Å². The van der Waals surface area contributed by atoms with Crippen LogP contribution in [0.5, 0.6) is 0 Å². The minimum atomic E-state index is 0.165. The number of fused-ring (bicyclic) bond motifs is 1. The highest BCUT2D eigenvalue weighted by Crippen LogP contribution is 2.20. The highest BCUT2D eigenvalue weighted by atomic mass is 35.5. The molecular formula is C21H30ClN7. The van der Waals surface area contributed by atoms with E-state index in [-0.39, 0.29) is 6.04 Å². The van der Waals surface area contributed by atoms with Gasteiger partial charge in [-0.05, 0) is 26.8 Å². The Balaban J connectivity index is 1.71. The Bertz CT molecular complexity index is 892. The van der Waals surface area contributed by atoms with Crippen molar-refractivity contribution in [1.82, 2.24) is 24.4 Å².